The number of aryl methyl sites for hydroxylation is 1. The third kappa shape index (κ3) is 8.90. The molecule has 322 valence electrons. The molecule has 0 spiro atoms. The van der Waals surface area contributed by atoms with Gasteiger partial charge in [-0.3, -0.25) is 4.90 Å². The highest BCUT2D eigenvalue weighted by molar-refractivity contribution is 7.22. The van der Waals surface area contributed by atoms with Crippen molar-refractivity contribution in [1.82, 2.24) is 29.7 Å². The highest BCUT2D eigenvalue weighted by atomic mass is 35.5. The number of halogens is 2. The van der Waals surface area contributed by atoms with Crippen LogP contribution in [0.5, 0.6) is 23.1 Å². The van der Waals surface area contributed by atoms with Crippen molar-refractivity contribution in [3.05, 3.63) is 106 Å². The maximum Gasteiger partial charge on any atom is 0.345 e. The zero-order valence-electron chi connectivity index (χ0n) is 34.6. The molecular weight excluding hydrogens is 835 g/mol. The Morgan fingerprint density at radius 3 is 2.61 bits per heavy atom. The zero-order valence-corrected chi connectivity index (χ0v) is 36.2. The average molecular weight is 881 g/mol. The molecular formula is C46H46ClFN6O7S. The van der Waals surface area contributed by atoms with Crippen LogP contribution in [0.15, 0.2) is 67.1 Å². The molecule has 0 radical (unpaired) electrons. The molecule has 62 heavy (non-hydrogen) atoms. The highest BCUT2D eigenvalue weighted by Gasteiger charge is 2.30. The number of carbonyl (C=O) groups is 1. The normalized spacial score (nSPS) is 19.7. The molecule has 4 aliphatic rings. The number of hydrogen-bond donors (Lipinski definition) is 1. The van der Waals surface area contributed by atoms with Crippen molar-refractivity contribution in [2.24, 2.45) is 0 Å². The topological polar surface area (TPSA) is 141 Å². The van der Waals surface area contributed by atoms with E-state index in [0.717, 1.165) is 66.2 Å². The Kier molecular flexibility index (Phi) is 12.2. The number of carboxylic acids is 1. The van der Waals surface area contributed by atoms with E-state index in [1.807, 2.05) is 38.1 Å². The van der Waals surface area contributed by atoms with Crippen LogP contribution in [0.3, 0.4) is 0 Å². The second-order valence-electron chi connectivity index (χ2n) is 15.9. The van der Waals surface area contributed by atoms with Crippen molar-refractivity contribution in [2.45, 2.75) is 58.0 Å². The Morgan fingerprint density at radius 2 is 1.84 bits per heavy atom. The molecule has 0 saturated carbocycles. The van der Waals surface area contributed by atoms with E-state index in [0.29, 0.717) is 68.3 Å². The van der Waals surface area contributed by atoms with Gasteiger partial charge in [0, 0.05) is 68.0 Å². The number of rotatable bonds is 8. The molecule has 2 fully saturated rings. The summed E-state index contributed by atoms with van der Waals surface area (Å²) >= 11 is 8.61. The first kappa shape index (κ1) is 41.9. The molecule has 13 nitrogen and oxygen atoms in total. The third-order valence-electron chi connectivity index (χ3n) is 11.6. The van der Waals surface area contributed by atoms with E-state index in [4.69, 9.17) is 40.3 Å². The first-order valence-electron chi connectivity index (χ1n) is 20.7. The van der Waals surface area contributed by atoms with Gasteiger partial charge in [-0.15, -0.1) is 11.3 Å². The molecule has 3 atom stereocenters. The number of aliphatic carboxylic acids is 1. The Morgan fingerprint density at radius 1 is 1.02 bits per heavy atom. The number of benzene rings is 3. The molecule has 2 saturated heterocycles. The van der Waals surface area contributed by atoms with Crippen molar-refractivity contribution < 1.29 is 38.0 Å². The van der Waals surface area contributed by atoms with Gasteiger partial charge in [-0.25, -0.2) is 29.1 Å². The van der Waals surface area contributed by atoms with Gasteiger partial charge in [-0.2, -0.15) is 0 Å². The molecule has 0 aliphatic carbocycles. The van der Waals surface area contributed by atoms with E-state index >= 15 is 0 Å². The summed E-state index contributed by atoms with van der Waals surface area (Å²) in [5.41, 5.74) is 4.84. The summed E-state index contributed by atoms with van der Waals surface area (Å²) in [6.07, 6.45) is 2.73. The summed E-state index contributed by atoms with van der Waals surface area (Å²) in [5, 5.41) is 11.7. The van der Waals surface area contributed by atoms with Gasteiger partial charge in [0.1, 0.15) is 59.6 Å². The number of fused-ring (bicyclic) bond motifs is 7. The minimum atomic E-state index is -1.42. The monoisotopic (exact) mass is 880 g/mol. The van der Waals surface area contributed by atoms with Crippen LogP contribution in [0.25, 0.3) is 31.8 Å². The number of ether oxygens (including phenoxy) is 5. The lowest BCUT2D eigenvalue weighted by atomic mass is 9.96. The van der Waals surface area contributed by atoms with E-state index in [-0.39, 0.29) is 37.4 Å². The predicted octanol–water partition coefficient (Wildman–Crippen LogP) is 8.12. The lowest BCUT2D eigenvalue weighted by molar-refractivity contribution is -0.145. The Labute approximate surface area is 367 Å². The number of thiophene rings is 1. The molecule has 16 heteroatoms. The molecule has 4 bridgehead atoms. The van der Waals surface area contributed by atoms with Crippen LogP contribution in [-0.2, 0) is 22.6 Å². The fourth-order valence-corrected chi connectivity index (χ4v) is 9.49. The fraction of sp³-hybridized carbons (Fsp3) is 0.370. The van der Waals surface area contributed by atoms with Crippen molar-refractivity contribution in [1.29, 1.82) is 0 Å². The summed E-state index contributed by atoms with van der Waals surface area (Å²) in [4.78, 5) is 37.5. The fourth-order valence-electron chi connectivity index (χ4n) is 8.13. The SMILES string of the molecule is Cc1cc(OCc2ccnc([C@@H]3CCCO3)n2)c2cc1OC[C@@H](CN1CCN(C)CC1)Oc1ccc(c(C)c1Cl)-c1c(-c3ccc(F)cc3)sc3ncnc(c13)O[C@@H](C(=O)O)C2. The number of nitrogens with zero attached hydrogens (tertiary/aromatic N) is 6. The molecule has 0 amide bonds. The first-order valence-corrected chi connectivity index (χ1v) is 21.9. The summed E-state index contributed by atoms with van der Waals surface area (Å²) in [6, 6.07) is 15.4. The highest BCUT2D eigenvalue weighted by Crippen LogP contribution is 2.50. The van der Waals surface area contributed by atoms with E-state index < -0.39 is 18.2 Å². The predicted molar refractivity (Wildman–Crippen MR) is 233 cm³/mol. The van der Waals surface area contributed by atoms with Gasteiger partial charge in [0.05, 0.1) is 16.1 Å². The number of carboxylic acid groups (broad SMARTS) is 1. The van der Waals surface area contributed by atoms with Gasteiger partial charge >= 0.3 is 5.97 Å². The molecule has 0 unspecified atom stereocenters. The average Bonchev–Trinajstić information content (AvgIpc) is 3.95. The van der Waals surface area contributed by atoms with Crippen molar-refractivity contribution in [2.75, 3.05) is 53.0 Å². The van der Waals surface area contributed by atoms with Gasteiger partial charge in [-0.05, 0) is 92.4 Å². The minimum Gasteiger partial charge on any atom is -0.489 e. The van der Waals surface area contributed by atoms with Crippen LogP contribution in [0, 0.1) is 19.7 Å². The number of piperazine rings is 1. The summed E-state index contributed by atoms with van der Waals surface area (Å²) in [5.74, 6) is 0.590. The van der Waals surface area contributed by atoms with Crippen LogP contribution in [0.2, 0.25) is 5.02 Å². The van der Waals surface area contributed by atoms with Crippen LogP contribution >= 0.6 is 22.9 Å². The van der Waals surface area contributed by atoms with Crippen molar-refractivity contribution >= 4 is 39.1 Å². The van der Waals surface area contributed by atoms with Crippen LogP contribution in [-0.4, -0.2) is 106 Å². The molecule has 10 rings (SSSR count). The summed E-state index contributed by atoms with van der Waals surface area (Å²) in [6.45, 7) is 8.97. The lowest BCUT2D eigenvalue weighted by Gasteiger charge is -2.34. The summed E-state index contributed by atoms with van der Waals surface area (Å²) in [7, 11) is 2.12. The number of likely N-dealkylation sites (N-methyl/N-ethyl adjacent to an activating group) is 1. The number of aromatic nitrogens is 4. The smallest absolute Gasteiger partial charge is 0.345 e. The van der Waals surface area contributed by atoms with E-state index in [9.17, 15) is 14.3 Å². The molecule has 3 aromatic heterocycles. The van der Waals surface area contributed by atoms with Crippen LogP contribution in [0.1, 0.15) is 47.2 Å². The quantitative estimate of drug-likeness (QED) is 0.158. The molecule has 6 aromatic rings. The molecule has 7 heterocycles. The van der Waals surface area contributed by atoms with Gasteiger partial charge in [-0.1, -0.05) is 29.8 Å². The number of hydrogen-bond acceptors (Lipinski definition) is 13. The minimum absolute atomic E-state index is 0.0723. The van der Waals surface area contributed by atoms with Crippen LogP contribution in [0.4, 0.5) is 4.39 Å². The largest absolute Gasteiger partial charge is 0.489 e. The van der Waals surface area contributed by atoms with Crippen molar-refractivity contribution in [3.63, 3.8) is 0 Å². The van der Waals surface area contributed by atoms with Gasteiger partial charge in [0.2, 0.25) is 12.0 Å². The van der Waals surface area contributed by atoms with E-state index in [1.165, 1.54) is 29.8 Å². The van der Waals surface area contributed by atoms with Gasteiger partial charge in [0.15, 0.2) is 5.82 Å². The van der Waals surface area contributed by atoms with E-state index in [1.54, 1.807) is 24.4 Å². The van der Waals surface area contributed by atoms with Crippen molar-refractivity contribution in [3.8, 4) is 44.7 Å². The zero-order chi connectivity index (χ0) is 42.9. The lowest BCUT2D eigenvalue weighted by Crippen LogP contribution is -2.49. The molecule has 3 aromatic carbocycles. The maximum absolute atomic E-state index is 14.3. The van der Waals surface area contributed by atoms with Gasteiger partial charge < -0.3 is 33.7 Å². The molecule has 1 N–H and O–H groups in total. The molecule has 4 aliphatic heterocycles. The second kappa shape index (κ2) is 18.1. The third-order valence-corrected chi connectivity index (χ3v) is 13.2. The maximum atomic E-state index is 14.3. The second-order valence-corrected chi connectivity index (χ2v) is 17.3. The first-order chi connectivity index (χ1) is 30.1. The van der Waals surface area contributed by atoms with Crippen LogP contribution < -0.4 is 18.9 Å². The Bertz CT molecular complexity index is 2600. The standard InChI is InChI=1S/C46H46ClFN6O7S/c1-26-19-37(58-23-31-12-13-49-43(52-31)35-5-4-18-57-35)29-20-36(26)59-24-32(22-54-16-14-53(3)15-17-54)60-34-11-10-33(27(2)41(34)47)39-40-44(61-38(21-29)46(55)56)50-25-51-45(40)62-42(39)28-6-8-30(48)9-7-28/h6-13,19-20,25,32,35,38H,4-5,14-18,21-24H2,1-3H3,(H,55,56)/t32-,35+,38-/m1/s1. The Hall–Kier alpha value is -5.45. The van der Waals surface area contributed by atoms with E-state index in [2.05, 4.69) is 31.8 Å². The Balaban J connectivity index is 1.15. The summed E-state index contributed by atoms with van der Waals surface area (Å²) < 4.78 is 46.4. The van der Waals surface area contributed by atoms with Gasteiger partial charge in [0.25, 0.3) is 0 Å².